The molecule has 5 atom stereocenters. The Bertz CT molecular complexity index is 838. The van der Waals surface area contributed by atoms with Gasteiger partial charge >= 0.3 is 0 Å². The molecule has 2 fully saturated rings. The van der Waals surface area contributed by atoms with Crippen molar-refractivity contribution < 1.29 is 19.8 Å². The molecule has 1 aliphatic heterocycles. The van der Waals surface area contributed by atoms with E-state index in [1.54, 1.807) is 4.90 Å². The number of benzene rings is 1. The molecule has 0 spiro atoms. The van der Waals surface area contributed by atoms with Crippen LogP contribution in [0.25, 0.3) is 0 Å². The van der Waals surface area contributed by atoms with Crippen LogP contribution in [0.2, 0.25) is 0 Å². The minimum absolute atomic E-state index is 0.00917. The van der Waals surface area contributed by atoms with Gasteiger partial charge in [-0.3, -0.25) is 9.59 Å². The van der Waals surface area contributed by atoms with Crippen molar-refractivity contribution >= 4 is 11.8 Å². The maximum atomic E-state index is 13.0. The predicted molar refractivity (Wildman–Crippen MR) is 113 cm³/mol. The third-order valence-electron chi connectivity index (χ3n) is 8.63. The molecular weight excluding hydrogens is 380 g/mol. The van der Waals surface area contributed by atoms with E-state index in [2.05, 4.69) is 32.2 Å². The highest BCUT2D eigenvalue weighted by Gasteiger charge is 2.65. The number of carbonyl (C=O) groups is 2. The summed E-state index contributed by atoms with van der Waals surface area (Å²) in [6.45, 7) is 7.17. The van der Waals surface area contributed by atoms with Crippen LogP contribution in [-0.2, 0) is 22.6 Å². The molecule has 0 radical (unpaired) electrons. The normalized spacial score (nSPS) is 32.6. The topological polar surface area (TPSA) is 89.9 Å². The number of hydrogen-bond donors (Lipinski definition) is 3. The number of fused-ring (bicyclic) bond motifs is 3. The van der Waals surface area contributed by atoms with E-state index in [-0.39, 0.29) is 35.0 Å². The number of aliphatic hydroxyl groups is 2. The number of carbonyl (C=O) groups excluding carboxylic acids is 2. The molecule has 0 aromatic heterocycles. The lowest BCUT2D eigenvalue weighted by molar-refractivity contribution is -0.139. The monoisotopic (exact) mass is 414 g/mol. The van der Waals surface area contributed by atoms with Gasteiger partial charge in [0.05, 0.1) is 12.7 Å². The van der Waals surface area contributed by atoms with E-state index in [1.165, 1.54) is 5.56 Å². The SMILES string of the molecule is CC1(C)C2CCC1(C)C(O)C2CC(=O)N[C@@H](CO)C(=O)N1CCc2ccccc2C1. The second-order valence-electron chi connectivity index (χ2n) is 10.2. The van der Waals surface area contributed by atoms with Gasteiger partial charge in [0, 0.05) is 19.5 Å². The first-order valence-corrected chi connectivity index (χ1v) is 11.1. The summed E-state index contributed by atoms with van der Waals surface area (Å²) in [5.41, 5.74) is 2.18. The quantitative estimate of drug-likeness (QED) is 0.686. The smallest absolute Gasteiger partial charge is 0.247 e. The van der Waals surface area contributed by atoms with Crippen LogP contribution < -0.4 is 5.32 Å². The summed E-state index contributed by atoms with van der Waals surface area (Å²) in [6, 6.07) is 7.10. The van der Waals surface area contributed by atoms with E-state index in [4.69, 9.17) is 0 Å². The third kappa shape index (κ3) is 3.25. The number of nitrogens with zero attached hydrogens (tertiary/aromatic N) is 1. The fraction of sp³-hybridized carbons (Fsp3) is 0.667. The van der Waals surface area contributed by atoms with Crippen molar-refractivity contribution in [3.05, 3.63) is 35.4 Å². The van der Waals surface area contributed by atoms with E-state index >= 15 is 0 Å². The van der Waals surface area contributed by atoms with Gasteiger partial charge in [0.1, 0.15) is 6.04 Å². The van der Waals surface area contributed by atoms with Crippen LogP contribution in [0, 0.1) is 22.7 Å². The van der Waals surface area contributed by atoms with Crippen LogP contribution in [0.4, 0.5) is 0 Å². The fourth-order valence-electron chi connectivity index (χ4n) is 6.34. The average Bonchev–Trinajstić information content (AvgIpc) is 3.04. The zero-order chi connectivity index (χ0) is 21.7. The number of hydrogen-bond acceptors (Lipinski definition) is 4. The first kappa shape index (κ1) is 21.3. The van der Waals surface area contributed by atoms with Gasteiger partial charge in [-0.1, -0.05) is 45.0 Å². The van der Waals surface area contributed by atoms with Crippen molar-refractivity contribution in [1.29, 1.82) is 0 Å². The van der Waals surface area contributed by atoms with Gasteiger partial charge in [-0.05, 0) is 53.1 Å². The van der Waals surface area contributed by atoms with Gasteiger partial charge in [-0.15, -0.1) is 0 Å². The van der Waals surface area contributed by atoms with E-state index in [0.717, 1.165) is 24.8 Å². The molecule has 1 aromatic carbocycles. The third-order valence-corrected chi connectivity index (χ3v) is 8.63. The molecule has 6 heteroatoms. The lowest BCUT2D eigenvalue weighted by Crippen LogP contribution is -2.52. The molecule has 2 bridgehead atoms. The molecule has 164 valence electrons. The molecule has 6 nitrogen and oxygen atoms in total. The minimum Gasteiger partial charge on any atom is -0.394 e. The van der Waals surface area contributed by atoms with E-state index in [9.17, 15) is 19.8 Å². The highest BCUT2D eigenvalue weighted by molar-refractivity contribution is 5.88. The largest absolute Gasteiger partial charge is 0.394 e. The lowest BCUT2D eigenvalue weighted by Gasteiger charge is -2.37. The number of rotatable bonds is 5. The van der Waals surface area contributed by atoms with Crippen LogP contribution in [0.3, 0.4) is 0 Å². The van der Waals surface area contributed by atoms with Gasteiger partial charge in [0.25, 0.3) is 0 Å². The molecule has 30 heavy (non-hydrogen) atoms. The summed E-state index contributed by atoms with van der Waals surface area (Å²) >= 11 is 0. The maximum Gasteiger partial charge on any atom is 0.247 e. The molecule has 1 heterocycles. The summed E-state index contributed by atoms with van der Waals surface area (Å²) < 4.78 is 0. The maximum absolute atomic E-state index is 13.0. The van der Waals surface area contributed by atoms with Gasteiger partial charge in [-0.2, -0.15) is 0 Å². The second-order valence-corrected chi connectivity index (χ2v) is 10.2. The molecule has 4 rings (SSSR count). The molecule has 4 unspecified atom stereocenters. The average molecular weight is 415 g/mol. The number of aliphatic hydroxyl groups excluding tert-OH is 2. The molecule has 0 saturated heterocycles. The zero-order valence-corrected chi connectivity index (χ0v) is 18.2. The Morgan fingerprint density at radius 2 is 1.93 bits per heavy atom. The predicted octanol–water partition coefficient (Wildman–Crippen LogP) is 1.87. The first-order valence-electron chi connectivity index (χ1n) is 11.1. The summed E-state index contributed by atoms with van der Waals surface area (Å²) in [4.78, 5) is 27.5. The summed E-state index contributed by atoms with van der Waals surface area (Å²) in [6.07, 6.45) is 2.46. The van der Waals surface area contributed by atoms with Crippen molar-refractivity contribution in [2.45, 2.75) is 65.1 Å². The first-order chi connectivity index (χ1) is 14.2. The summed E-state index contributed by atoms with van der Waals surface area (Å²) in [5.74, 6) is -0.322. The van der Waals surface area contributed by atoms with Crippen molar-refractivity contribution in [2.75, 3.05) is 13.2 Å². The Balaban J connectivity index is 1.38. The Morgan fingerprint density at radius 3 is 2.57 bits per heavy atom. The van der Waals surface area contributed by atoms with Crippen LogP contribution in [-0.4, -0.2) is 52.2 Å². The highest BCUT2D eigenvalue weighted by Crippen LogP contribution is 2.68. The Kier molecular flexibility index (Phi) is 5.43. The second kappa shape index (κ2) is 7.65. The molecule has 1 aromatic rings. The van der Waals surface area contributed by atoms with Crippen molar-refractivity contribution in [3.8, 4) is 0 Å². The van der Waals surface area contributed by atoms with Crippen LogP contribution >= 0.6 is 0 Å². The fourth-order valence-corrected chi connectivity index (χ4v) is 6.34. The summed E-state index contributed by atoms with van der Waals surface area (Å²) in [7, 11) is 0. The highest BCUT2D eigenvalue weighted by atomic mass is 16.3. The molecule has 3 N–H and O–H groups in total. The van der Waals surface area contributed by atoms with Crippen LogP contribution in [0.1, 0.15) is 51.2 Å². The van der Waals surface area contributed by atoms with Gasteiger partial charge in [0.2, 0.25) is 11.8 Å². The molecule has 2 aliphatic carbocycles. The minimum atomic E-state index is -0.943. The van der Waals surface area contributed by atoms with E-state index < -0.39 is 18.8 Å². The van der Waals surface area contributed by atoms with E-state index in [1.807, 2.05) is 18.2 Å². The molecule has 2 amide bonds. The number of amides is 2. The number of nitrogens with one attached hydrogen (secondary N) is 1. The Hall–Kier alpha value is -1.92. The van der Waals surface area contributed by atoms with Crippen LogP contribution in [0.5, 0.6) is 0 Å². The van der Waals surface area contributed by atoms with Gasteiger partial charge in [0.15, 0.2) is 0 Å². The standard InChI is InChI=1S/C24H34N2O4/c1-23(2)18-8-10-24(23,3)21(29)17(18)12-20(28)25-19(14-27)22(30)26-11-9-15-6-4-5-7-16(15)13-26/h4-7,17-19,21,27,29H,8-14H2,1-3H3,(H,25,28)/t17?,18?,19-,21?,24?/m0/s1. The zero-order valence-electron chi connectivity index (χ0n) is 18.2. The van der Waals surface area contributed by atoms with Crippen LogP contribution in [0.15, 0.2) is 24.3 Å². The molecular formula is C24H34N2O4. The van der Waals surface area contributed by atoms with Crippen molar-refractivity contribution in [1.82, 2.24) is 10.2 Å². The summed E-state index contributed by atoms with van der Waals surface area (Å²) in [5, 5.41) is 23.5. The van der Waals surface area contributed by atoms with Crippen molar-refractivity contribution in [3.63, 3.8) is 0 Å². The van der Waals surface area contributed by atoms with Gasteiger partial charge in [-0.25, -0.2) is 0 Å². The van der Waals surface area contributed by atoms with Gasteiger partial charge < -0.3 is 20.4 Å². The molecule has 2 saturated carbocycles. The lowest BCUT2D eigenvalue weighted by atomic mass is 9.70. The molecule has 3 aliphatic rings. The Labute approximate surface area is 178 Å². The Morgan fingerprint density at radius 1 is 1.23 bits per heavy atom. The van der Waals surface area contributed by atoms with Crippen molar-refractivity contribution in [2.24, 2.45) is 22.7 Å². The van der Waals surface area contributed by atoms with E-state index in [0.29, 0.717) is 19.0 Å².